The van der Waals surface area contributed by atoms with Crippen LogP contribution in [0, 0.1) is 6.92 Å². The molecule has 4 heteroatoms. The summed E-state index contributed by atoms with van der Waals surface area (Å²) in [7, 11) is 0. The average Bonchev–Trinajstić information content (AvgIpc) is 2.38. The Kier molecular flexibility index (Phi) is 3.13. The van der Waals surface area contributed by atoms with Crippen LogP contribution in [0.2, 0.25) is 10.3 Å². The average molecular weight is 289 g/mol. The summed E-state index contributed by atoms with van der Waals surface area (Å²) in [6.07, 6.45) is 0. The van der Waals surface area contributed by atoms with Crippen LogP contribution < -0.4 is 0 Å². The van der Waals surface area contributed by atoms with Crippen LogP contribution in [0.4, 0.5) is 0 Å². The summed E-state index contributed by atoms with van der Waals surface area (Å²) in [6.45, 7) is 2.05. The highest BCUT2D eigenvalue weighted by Crippen LogP contribution is 2.27. The largest absolute Gasteiger partial charge is 0.236 e. The normalized spacial score (nSPS) is 10.9. The summed E-state index contributed by atoms with van der Waals surface area (Å²) >= 11 is 12.1. The molecule has 0 aliphatic carbocycles. The topological polar surface area (TPSA) is 25.8 Å². The van der Waals surface area contributed by atoms with Crippen molar-refractivity contribution in [3.63, 3.8) is 0 Å². The quantitative estimate of drug-likeness (QED) is 0.595. The fourth-order valence-electron chi connectivity index (χ4n) is 1.93. The second-order valence-electron chi connectivity index (χ2n) is 4.36. The molecule has 94 valence electrons. The molecule has 0 saturated heterocycles. The highest BCUT2D eigenvalue weighted by molar-refractivity contribution is 6.34. The number of fused-ring (bicyclic) bond motifs is 1. The highest BCUT2D eigenvalue weighted by atomic mass is 35.5. The van der Waals surface area contributed by atoms with Crippen molar-refractivity contribution < 1.29 is 0 Å². The maximum atomic E-state index is 6.20. The zero-order valence-electron chi connectivity index (χ0n) is 10.2. The third-order valence-electron chi connectivity index (χ3n) is 2.95. The fourth-order valence-corrected chi connectivity index (χ4v) is 2.34. The molecule has 0 amide bonds. The highest BCUT2D eigenvalue weighted by Gasteiger charge is 2.07. The van der Waals surface area contributed by atoms with E-state index in [1.165, 1.54) is 5.56 Å². The lowest BCUT2D eigenvalue weighted by molar-refractivity contribution is 1.32. The summed E-state index contributed by atoms with van der Waals surface area (Å²) < 4.78 is 0. The van der Waals surface area contributed by atoms with Gasteiger partial charge in [-0.2, -0.15) is 0 Å². The Morgan fingerprint density at radius 3 is 2.37 bits per heavy atom. The number of benzene rings is 1. The predicted octanol–water partition coefficient (Wildman–Crippen LogP) is 4.91. The molecule has 1 aromatic carbocycles. The molecule has 0 radical (unpaired) electrons. The van der Waals surface area contributed by atoms with Crippen molar-refractivity contribution in [3.8, 4) is 11.3 Å². The van der Waals surface area contributed by atoms with Gasteiger partial charge in [0.2, 0.25) is 0 Å². The molecule has 0 fully saturated rings. The van der Waals surface area contributed by atoms with E-state index < -0.39 is 0 Å². The standard InChI is InChI=1S/C15H10Cl2N2/c1-9-2-4-10(5-3-9)12-8-13-11(15(17)19-12)6-7-14(16)18-13/h2-8H,1H3. The van der Waals surface area contributed by atoms with Crippen molar-refractivity contribution in [2.24, 2.45) is 0 Å². The van der Waals surface area contributed by atoms with Gasteiger partial charge in [-0.25, -0.2) is 9.97 Å². The van der Waals surface area contributed by atoms with Gasteiger partial charge in [0.25, 0.3) is 0 Å². The molecule has 0 aliphatic heterocycles. The van der Waals surface area contributed by atoms with Crippen molar-refractivity contribution in [3.05, 3.63) is 58.3 Å². The first kappa shape index (κ1) is 12.4. The van der Waals surface area contributed by atoms with Gasteiger partial charge in [0.05, 0.1) is 11.2 Å². The van der Waals surface area contributed by atoms with Gasteiger partial charge in [-0.15, -0.1) is 0 Å². The molecule has 2 heterocycles. The number of nitrogens with zero attached hydrogens (tertiary/aromatic N) is 2. The van der Waals surface area contributed by atoms with Crippen molar-refractivity contribution >= 4 is 34.1 Å². The van der Waals surface area contributed by atoms with Crippen molar-refractivity contribution in [2.45, 2.75) is 6.92 Å². The molecule has 2 aromatic heterocycles. The molecule has 0 aliphatic rings. The molecule has 19 heavy (non-hydrogen) atoms. The van der Waals surface area contributed by atoms with Crippen LogP contribution in [0.15, 0.2) is 42.5 Å². The molecule has 0 spiro atoms. The number of halogens is 2. The van der Waals surface area contributed by atoms with Gasteiger partial charge < -0.3 is 0 Å². The Labute approximate surface area is 121 Å². The van der Waals surface area contributed by atoms with E-state index in [0.717, 1.165) is 22.2 Å². The van der Waals surface area contributed by atoms with E-state index in [1.54, 1.807) is 6.07 Å². The van der Waals surface area contributed by atoms with Crippen LogP contribution in [0.5, 0.6) is 0 Å². The lowest BCUT2D eigenvalue weighted by atomic mass is 10.1. The third kappa shape index (κ3) is 2.42. The van der Waals surface area contributed by atoms with Gasteiger partial charge in [-0.3, -0.25) is 0 Å². The summed E-state index contributed by atoms with van der Waals surface area (Å²) in [6, 6.07) is 13.6. The molecule has 2 nitrogen and oxygen atoms in total. The fraction of sp³-hybridized carbons (Fsp3) is 0.0667. The lowest BCUT2D eigenvalue weighted by Gasteiger charge is -2.05. The van der Waals surface area contributed by atoms with E-state index in [9.17, 15) is 0 Å². The van der Waals surface area contributed by atoms with Crippen LogP contribution in [0.3, 0.4) is 0 Å². The van der Waals surface area contributed by atoms with Crippen molar-refractivity contribution in [1.29, 1.82) is 0 Å². The second kappa shape index (κ2) is 4.80. The summed E-state index contributed by atoms with van der Waals surface area (Å²) in [4.78, 5) is 8.69. The van der Waals surface area contributed by atoms with Gasteiger partial charge in [0.1, 0.15) is 10.3 Å². The second-order valence-corrected chi connectivity index (χ2v) is 5.11. The number of hydrogen-bond donors (Lipinski definition) is 0. The number of aryl methyl sites for hydroxylation is 1. The Balaban J connectivity index is 2.22. The Hall–Kier alpha value is -1.64. The van der Waals surface area contributed by atoms with E-state index in [1.807, 2.05) is 43.3 Å². The molecular weight excluding hydrogens is 279 g/mol. The summed E-state index contributed by atoms with van der Waals surface area (Å²) in [5.74, 6) is 0. The first-order valence-corrected chi connectivity index (χ1v) is 6.59. The minimum Gasteiger partial charge on any atom is -0.236 e. The zero-order chi connectivity index (χ0) is 13.4. The molecule has 3 rings (SSSR count). The lowest BCUT2D eigenvalue weighted by Crippen LogP contribution is -1.89. The van der Waals surface area contributed by atoms with Gasteiger partial charge >= 0.3 is 0 Å². The van der Waals surface area contributed by atoms with Crippen LogP contribution in [0.25, 0.3) is 22.2 Å². The maximum absolute atomic E-state index is 6.20. The number of rotatable bonds is 1. The molecule has 3 aromatic rings. The van der Waals surface area contributed by atoms with Gasteiger partial charge in [0, 0.05) is 10.9 Å². The number of aromatic nitrogens is 2. The van der Waals surface area contributed by atoms with Crippen LogP contribution in [-0.2, 0) is 0 Å². The predicted molar refractivity (Wildman–Crippen MR) is 79.7 cm³/mol. The maximum Gasteiger partial charge on any atom is 0.139 e. The van der Waals surface area contributed by atoms with Gasteiger partial charge in [0.15, 0.2) is 0 Å². The van der Waals surface area contributed by atoms with Crippen molar-refractivity contribution in [2.75, 3.05) is 0 Å². The van der Waals surface area contributed by atoms with Gasteiger partial charge in [-0.05, 0) is 25.1 Å². The number of hydrogen-bond acceptors (Lipinski definition) is 2. The monoisotopic (exact) mass is 288 g/mol. The zero-order valence-corrected chi connectivity index (χ0v) is 11.7. The third-order valence-corrected chi connectivity index (χ3v) is 3.45. The first-order chi connectivity index (χ1) is 9.13. The molecule has 0 unspecified atom stereocenters. The Morgan fingerprint density at radius 1 is 0.895 bits per heavy atom. The summed E-state index contributed by atoms with van der Waals surface area (Å²) in [5.41, 5.74) is 3.77. The van der Waals surface area contributed by atoms with E-state index in [0.29, 0.717) is 10.3 Å². The molecular formula is C15H10Cl2N2. The smallest absolute Gasteiger partial charge is 0.139 e. The number of pyridine rings is 2. The van der Waals surface area contributed by atoms with Crippen LogP contribution >= 0.6 is 23.2 Å². The van der Waals surface area contributed by atoms with Crippen LogP contribution in [-0.4, -0.2) is 9.97 Å². The van der Waals surface area contributed by atoms with Crippen molar-refractivity contribution in [1.82, 2.24) is 9.97 Å². The SMILES string of the molecule is Cc1ccc(-c2cc3nc(Cl)ccc3c(Cl)n2)cc1. The molecule has 0 N–H and O–H groups in total. The van der Waals surface area contributed by atoms with E-state index in [2.05, 4.69) is 9.97 Å². The first-order valence-electron chi connectivity index (χ1n) is 5.83. The molecule has 0 bridgehead atoms. The van der Waals surface area contributed by atoms with Crippen LogP contribution in [0.1, 0.15) is 5.56 Å². The van der Waals surface area contributed by atoms with E-state index in [4.69, 9.17) is 23.2 Å². The molecule has 0 atom stereocenters. The Bertz CT molecular complexity index is 752. The Morgan fingerprint density at radius 2 is 1.63 bits per heavy atom. The van der Waals surface area contributed by atoms with Gasteiger partial charge in [-0.1, -0.05) is 53.0 Å². The summed E-state index contributed by atoms with van der Waals surface area (Å²) in [5, 5.41) is 1.70. The van der Waals surface area contributed by atoms with E-state index in [-0.39, 0.29) is 0 Å². The minimum atomic E-state index is 0.442. The minimum absolute atomic E-state index is 0.442. The molecule has 0 saturated carbocycles. The van der Waals surface area contributed by atoms with E-state index >= 15 is 0 Å².